The molecule has 9 nitrogen and oxygen atoms in total. The lowest BCUT2D eigenvalue weighted by molar-refractivity contribution is -0.137. The molecule has 1 fully saturated rings. The summed E-state index contributed by atoms with van der Waals surface area (Å²) in [6.07, 6.45) is -4.66. The summed E-state index contributed by atoms with van der Waals surface area (Å²) in [5.74, 6) is -2.97. The number of hydrogen-bond acceptors (Lipinski definition) is 8. The number of nitrogens with one attached hydrogen (secondary N) is 2. The smallest absolute Gasteiger partial charge is 0.418 e. The molecule has 0 saturated carbocycles. The van der Waals surface area contributed by atoms with Crippen LogP contribution in [0, 0.1) is 5.92 Å². The number of hydrogen-bond donors (Lipinski definition) is 2. The van der Waals surface area contributed by atoms with Crippen molar-refractivity contribution in [3.05, 3.63) is 97.4 Å². The molecule has 2 N–H and O–H groups in total. The summed E-state index contributed by atoms with van der Waals surface area (Å²) >= 11 is 8.08. The number of benzene rings is 3. The molecule has 4 aromatic rings. The number of carbonyl (C=O) groups is 3. The first kappa shape index (κ1) is 30.7. The zero-order valence-corrected chi connectivity index (χ0v) is 25.4. The van der Waals surface area contributed by atoms with E-state index >= 15 is 0 Å². The molecule has 3 amide bonds. The summed E-state index contributed by atoms with van der Waals surface area (Å²) in [5.41, 5.74) is -0.480. The normalized spacial score (nSPS) is 19.2. The number of aromatic amines is 1. The SMILES string of the molecule is COc1cc([C@@H]2c3sc(=O)[nH]c3S[C@H]3C(=O)N(c4ccc(Cl)cc4)C(=O)[C@@H]23)ccc1OCC(=O)Nc1ccccc1C(F)(F)F. The highest BCUT2D eigenvalue weighted by atomic mass is 35.5. The lowest BCUT2D eigenvalue weighted by atomic mass is 9.83. The van der Waals surface area contributed by atoms with E-state index in [1.807, 2.05) is 0 Å². The number of carbonyl (C=O) groups excluding carboxylic acids is 3. The molecule has 232 valence electrons. The van der Waals surface area contributed by atoms with Gasteiger partial charge in [-0.2, -0.15) is 13.2 Å². The minimum atomic E-state index is -4.66. The highest BCUT2D eigenvalue weighted by molar-refractivity contribution is 8.00. The zero-order valence-electron chi connectivity index (χ0n) is 23.0. The zero-order chi connectivity index (χ0) is 32.0. The third-order valence-corrected chi connectivity index (χ3v) is 9.97. The molecule has 6 rings (SSSR count). The molecule has 3 aromatic carbocycles. The molecule has 2 aliphatic heterocycles. The third-order valence-electron chi connectivity index (χ3n) is 7.32. The summed E-state index contributed by atoms with van der Waals surface area (Å²) in [5, 5.41) is 2.33. The molecule has 45 heavy (non-hydrogen) atoms. The van der Waals surface area contributed by atoms with E-state index in [-0.39, 0.29) is 16.4 Å². The highest BCUT2D eigenvalue weighted by Crippen LogP contribution is 2.53. The Morgan fingerprint density at radius 2 is 1.76 bits per heavy atom. The van der Waals surface area contributed by atoms with Crippen LogP contribution in [0.5, 0.6) is 11.5 Å². The Bertz CT molecular complexity index is 1880. The van der Waals surface area contributed by atoms with Gasteiger partial charge in [-0.1, -0.05) is 52.9 Å². The molecule has 0 aliphatic carbocycles. The van der Waals surface area contributed by atoms with E-state index in [4.69, 9.17) is 21.1 Å². The quantitative estimate of drug-likeness (QED) is 0.233. The topological polar surface area (TPSA) is 118 Å². The van der Waals surface area contributed by atoms with Crippen LogP contribution >= 0.6 is 34.7 Å². The van der Waals surface area contributed by atoms with Gasteiger partial charge in [-0.3, -0.25) is 19.2 Å². The van der Waals surface area contributed by atoms with Crippen molar-refractivity contribution in [3.63, 3.8) is 0 Å². The number of anilines is 2. The number of rotatable bonds is 7. The number of alkyl halides is 3. The van der Waals surface area contributed by atoms with Gasteiger partial charge in [0, 0.05) is 15.8 Å². The maximum absolute atomic E-state index is 13.9. The van der Waals surface area contributed by atoms with Gasteiger partial charge in [-0.05, 0) is 54.1 Å². The summed E-state index contributed by atoms with van der Waals surface area (Å²) in [7, 11) is 1.36. The van der Waals surface area contributed by atoms with Crippen LogP contribution in [0.2, 0.25) is 5.02 Å². The number of methoxy groups -OCH3 is 1. The largest absolute Gasteiger partial charge is 0.493 e. The van der Waals surface area contributed by atoms with Crippen LogP contribution in [0.25, 0.3) is 0 Å². The standard InChI is InChI=1S/C30H21ClF3N3O6S2/c1-42-20-12-14(6-11-19(20)43-13-21(38)35-18-5-3-2-4-17(18)30(32,33)34)22-23-25(44-26-24(22)45-29(41)36-26)28(40)37(27(23)39)16-9-7-15(31)8-10-16/h2-12,22-23,25H,13H2,1H3,(H,35,38)(H,36,41)/t22-,23-,25+/m0/s1. The number of para-hydroxylation sites is 1. The van der Waals surface area contributed by atoms with E-state index in [1.165, 1.54) is 25.3 Å². The number of nitrogens with zero attached hydrogens (tertiary/aromatic N) is 1. The number of aromatic nitrogens is 1. The Morgan fingerprint density at radius 1 is 1.02 bits per heavy atom. The van der Waals surface area contributed by atoms with Gasteiger partial charge in [-0.25, -0.2) is 4.90 Å². The van der Waals surface area contributed by atoms with Gasteiger partial charge in [0.15, 0.2) is 18.1 Å². The van der Waals surface area contributed by atoms with Gasteiger partial charge in [-0.15, -0.1) is 0 Å². The second-order valence-electron chi connectivity index (χ2n) is 10.0. The first-order chi connectivity index (χ1) is 21.5. The number of thiazole rings is 1. The number of thioether (sulfide) groups is 1. The molecular weight excluding hydrogens is 655 g/mol. The molecular formula is C30H21ClF3N3O6S2. The Hall–Kier alpha value is -4.27. The van der Waals surface area contributed by atoms with Crippen LogP contribution in [0.4, 0.5) is 24.5 Å². The average Bonchev–Trinajstić information content (AvgIpc) is 3.50. The second-order valence-corrected chi connectivity index (χ2v) is 12.6. The summed E-state index contributed by atoms with van der Waals surface area (Å²) in [6, 6.07) is 15.6. The molecule has 0 bridgehead atoms. The van der Waals surface area contributed by atoms with Crippen molar-refractivity contribution in [1.29, 1.82) is 0 Å². The lowest BCUT2D eigenvalue weighted by Crippen LogP contribution is -2.32. The first-order valence-corrected chi connectivity index (χ1v) is 15.3. The Labute approximate surface area is 266 Å². The Morgan fingerprint density at radius 3 is 2.47 bits per heavy atom. The number of H-pyrrole nitrogens is 1. The van der Waals surface area contributed by atoms with E-state index in [9.17, 15) is 32.3 Å². The monoisotopic (exact) mass is 675 g/mol. The maximum Gasteiger partial charge on any atom is 0.418 e. The molecule has 3 heterocycles. The fraction of sp³-hybridized carbons (Fsp3) is 0.200. The lowest BCUT2D eigenvalue weighted by Gasteiger charge is -2.30. The van der Waals surface area contributed by atoms with Gasteiger partial charge in [0.05, 0.1) is 35.0 Å². The third kappa shape index (κ3) is 5.80. The molecule has 2 aliphatic rings. The minimum absolute atomic E-state index is 0.112. The predicted octanol–water partition coefficient (Wildman–Crippen LogP) is 5.93. The van der Waals surface area contributed by atoms with Crippen molar-refractivity contribution in [2.24, 2.45) is 5.92 Å². The van der Waals surface area contributed by atoms with Crippen molar-refractivity contribution in [2.45, 2.75) is 22.4 Å². The number of halogens is 4. The van der Waals surface area contributed by atoms with Crippen LogP contribution < -0.4 is 24.6 Å². The van der Waals surface area contributed by atoms with Crippen molar-refractivity contribution in [2.75, 3.05) is 23.9 Å². The van der Waals surface area contributed by atoms with Crippen molar-refractivity contribution in [1.82, 2.24) is 4.98 Å². The van der Waals surface area contributed by atoms with Crippen LogP contribution in [-0.2, 0) is 20.6 Å². The highest BCUT2D eigenvalue weighted by Gasteiger charge is 2.56. The van der Waals surface area contributed by atoms with Crippen LogP contribution in [0.1, 0.15) is 21.9 Å². The van der Waals surface area contributed by atoms with E-state index in [2.05, 4.69) is 10.3 Å². The number of amides is 3. The fourth-order valence-electron chi connectivity index (χ4n) is 5.39. The molecule has 1 saturated heterocycles. The average molecular weight is 676 g/mol. The summed E-state index contributed by atoms with van der Waals surface area (Å²) in [6.45, 7) is -0.626. The molecule has 1 aromatic heterocycles. The molecule has 0 spiro atoms. The van der Waals surface area contributed by atoms with Crippen LogP contribution in [0.3, 0.4) is 0 Å². The minimum Gasteiger partial charge on any atom is -0.493 e. The molecule has 15 heteroatoms. The van der Waals surface area contributed by atoms with E-state index < -0.39 is 58.8 Å². The van der Waals surface area contributed by atoms with Gasteiger partial charge in [0.2, 0.25) is 11.8 Å². The Balaban J connectivity index is 1.28. The second kappa shape index (κ2) is 11.9. The van der Waals surface area contributed by atoms with Gasteiger partial charge in [0.1, 0.15) is 5.25 Å². The number of ether oxygens (including phenoxy) is 2. The maximum atomic E-state index is 13.9. The summed E-state index contributed by atoms with van der Waals surface area (Å²) in [4.78, 5) is 56.5. The van der Waals surface area contributed by atoms with E-state index in [1.54, 1.807) is 36.4 Å². The van der Waals surface area contributed by atoms with Crippen molar-refractivity contribution >= 4 is 63.8 Å². The van der Waals surface area contributed by atoms with Gasteiger partial charge >= 0.3 is 11.0 Å². The van der Waals surface area contributed by atoms with Gasteiger partial charge in [0.25, 0.3) is 5.91 Å². The molecule has 3 atom stereocenters. The van der Waals surface area contributed by atoms with Crippen LogP contribution in [-0.4, -0.2) is 41.7 Å². The number of imide groups is 1. The molecule has 0 unspecified atom stereocenters. The van der Waals surface area contributed by atoms with Crippen molar-refractivity contribution < 1.29 is 37.0 Å². The summed E-state index contributed by atoms with van der Waals surface area (Å²) < 4.78 is 51.0. The first-order valence-electron chi connectivity index (χ1n) is 13.3. The molecule has 0 radical (unpaired) electrons. The van der Waals surface area contributed by atoms with Crippen molar-refractivity contribution in [3.8, 4) is 11.5 Å². The van der Waals surface area contributed by atoms with Crippen LogP contribution in [0.15, 0.2) is 76.6 Å². The fourth-order valence-corrected chi connectivity index (χ4v) is 8.03. The van der Waals surface area contributed by atoms with E-state index in [0.717, 1.165) is 40.1 Å². The van der Waals surface area contributed by atoms with Gasteiger partial charge < -0.3 is 19.8 Å². The predicted molar refractivity (Wildman–Crippen MR) is 162 cm³/mol. The number of fused-ring (bicyclic) bond motifs is 2. The Kier molecular flexibility index (Phi) is 8.14. The van der Waals surface area contributed by atoms with E-state index in [0.29, 0.717) is 26.2 Å².